The SMILES string of the molecule is O=C(c1n[nH]c2c1C=CC(c1ccccc1)(c1cncs1)C2)N1CCC1. The van der Waals surface area contributed by atoms with Crippen LogP contribution in [0.3, 0.4) is 0 Å². The van der Waals surface area contributed by atoms with Crippen LogP contribution >= 0.6 is 11.3 Å². The minimum absolute atomic E-state index is 0.0309. The number of allylic oxidation sites excluding steroid dienone is 1. The fourth-order valence-electron chi connectivity index (χ4n) is 3.78. The number of rotatable bonds is 3. The maximum absolute atomic E-state index is 12.6. The number of thiazole rings is 1. The summed E-state index contributed by atoms with van der Waals surface area (Å²) in [5.74, 6) is 0.0309. The van der Waals surface area contributed by atoms with Crippen molar-refractivity contribution in [3.63, 3.8) is 0 Å². The van der Waals surface area contributed by atoms with E-state index in [-0.39, 0.29) is 11.3 Å². The maximum Gasteiger partial charge on any atom is 0.274 e. The van der Waals surface area contributed by atoms with Gasteiger partial charge in [-0.05, 0) is 12.0 Å². The van der Waals surface area contributed by atoms with Gasteiger partial charge in [-0.25, -0.2) is 0 Å². The Kier molecular flexibility index (Phi) is 3.53. The van der Waals surface area contributed by atoms with E-state index in [1.807, 2.05) is 22.7 Å². The molecule has 2 aromatic heterocycles. The van der Waals surface area contributed by atoms with E-state index in [4.69, 9.17) is 0 Å². The fourth-order valence-corrected chi connectivity index (χ4v) is 4.60. The molecule has 0 radical (unpaired) electrons. The molecule has 6 heteroatoms. The molecule has 130 valence electrons. The molecule has 5 rings (SSSR count). The van der Waals surface area contributed by atoms with Gasteiger partial charge in [0.15, 0.2) is 5.69 Å². The molecule has 0 bridgehead atoms. The highest BCUT2D eigenvalue weighted by Crippen LogP contribution is 2.43. The molecule has 0 saturated carbocycles. The monoisotopic (exact) mass is 362 g/mol. The van der Waals surface area contributed by atoms with Crippen LogP contribution in [0.25, 0.3) is 6.08 Å². The van der Waals surface area contributed by atoms with Gasteiger partial charge in [0.2, 0.25) is 0 Å². The van der Waals surface area contributed by atoms with Crippen LogP contribution in [-0.2, 0) is 11.8 Å². The van der Waals surface area contributed by atoms with E-state index in [1.54, 1.807) is 11.3 Å². The molecule has 1 aromatic carbocycles. The number of aromatic amines is 1. The minimum atomic E-state index is -0.279. The largest absolute Gasteiger partial charge is 0.337 e. The Morgan fingerprint density at radius 3 is 2.77 bits per heavy atom. The molecule has 26 heavy (non-hydrogen) atoms. The van der Waals surface area contributed by atoms with Crippen molar-refractivity contribution in [1.29, 1.82) is 0 Å². The summed E-state index contributed by atoms with van der Waals surface area (Å²) in [6.07, 6.45) is 8.03. The Bertz CT molecular complexity index is 973. The number of amides is 1. The second-order valence-electron chi connectivity index (χ2n) is 6.82. The van der Waals surface area contributed by atoms with E-state index in [0.29, 0.717) is 5.69 Å². The van der Waals surface area contributed by atoms with Crippen LogP contribution in [0.1, 0.15) is 38.6 Å². The number of H-pyrrole nitrogens is 1. The molecular formula is C20H18N4OS. The van der Waals surface area contributed by atoms with Crippen LogP contribution in [0.2, 0.25) is 0 Å². The molecule has 2 aliphatic rings. The van der Waals surface area contributed by atoms with Crippen molar-refractivity contribution in [2.75, 3.05) is 13.1 Å². The van der Waals surface area contributed by atoms with Gasteiger partial charge in [0.25, 0.3) is 5.91 Å². The Balaban J connectivity index is 1.59. The molecule has 0 spiro atoms. The number of fused-ring (bicyclic) bond motifs is 1. The van der Waals surface area contributed by atoms with Crippen LogP contribution in [0, 0.1) is 0 Å². The second kappa shape index (κ2) is 5.92. The summed E-state index contributed by atoms with van der Waals surface area (Å²) in [5, 5.41) is 7.49. The van der Waals surface area contributed by atoms with Crippen molar-refractivity contribution < 1.29 is 4.79 Å². The van der Waals surface area contributed by atoms with E-state index in [0.717, 1.165) is 37.2 Å². The molecule has 3 aromatic rings. The lowest BCUT2D eigenvalue weighted by molar-refractivity contribution is 0.0645. The molecule has 1 unspecified atom stereocenters. The van der Waals surface area contributed by atoms with E-state index < -0.39 is 0 Å². The van der Waals surface area contributed by atoms with Gasteiger partial charge in [0.05, 0.1) is 10.9 Å². The predicted octanol–water partition coefficient (Wildman–Crippen LogP) is 3.27. The molecule has 1 fully saturated rings. The van der Waals surface area contributed by atoms with Gasteiger partial charge in [-0.3, -0.25) is 14.9 Å². The van der Waals surface area contributed by atoms with Gasteiger partial charge in [-0.1, -0.05) is 42.5 Å². The van der Waals surface area contributed by atoms with Crippen LogP contribution in [0.5, 0.6) is 0 Å². The smallest absolute Gasteiger partial charge is 0.274 e. The van der Waals surface area contributed by atoms with Crippen molar-refractivity contribution in [2.24, 2.45) is 0 Å². The number of carbonyl (C=O) groups excluding carboxylic acids is 1. The Labute approximate surface area is 155 Å². The molecule has 1 aliphatic heterocycles. The summed E-state index contributed by atoms with van der Waals surface area (Å²) >= 11 is 1.66. The van der Waals surface area contributed by atoms with Gasteiger partial charge >= 0.3 is 0 Å². The van der Waals surface area contributed by atoms with Gasteiger partial charge in [0.1, 0.15) is 0 Å². The molecule has 1 aliphatic carbocycles. The lowest BCUT2D eigenvalue weighted by atomic mass is 9.72. The number of benzene rings is 1. The summed E-state index contributed by atoms with van der Waals surface area (Å²) < 4.78 is 0. The van der Waals surface area contributed by atoms with Gasteiger partial charge in [0, 0.05) is 41.8 Å². The molecular weight excluding hydrogens is 344 g/mol. The zero-order chi connectivity index (χ0) is 17.6. The Hall–Kier alpha value is -2.73. The van der Waals surface area contributed by atoms with Crippen LogP contribution in [-0.4, -0.2) is 39.1 Å². The molecule has 1 N–H and O–H groups in total. The number of aromatic nitrogens is 3. The van der Waals surface area contributed by atoms with Crippen LogP contribution in [0.4, 0.5) is 0 Å². The number of carbonyl (C=O) groups is 1. The average molecular weight is 362 g/mol. The summed E-state index contributed by atoms with van der Waals surface area (Å²) in [4.78, 5) is 20.0. The molecule has 1 saturated heterocycles. The molecule has 3 heterocycles. The predicted molar refractivity (Wildman–Crippen MR) is 101 cm³/mol. The number of nitrogens with zero attached hydrogens (tertiary/aromatic N) is 3. The summed E-state index contributed by atoms with van der Waals surface area (Å²) in [5.41, 5.74) is 5.29. The maximum atomic E-state index is 12.6. The zero-order valence-electron chi connectivity index (χ0n) is 14.2. The second-order valence-corrected chi connectivity index (χ2v) is 7.71. The first-order chi connectivity index (χ1) is 12.8. The third-order valence-corrected chi connectivity index (χ3v) is 6.33. The average Bonchev–Trinajstić information content (AvgIpc) is 3.30. The number of hydrogen-bond acceptors (Lipinski definition) is 4. The lowest BCUT2D eigenvalue weighted by Gasteiger charge is -2.33. The zero-order valence-corrected chi connectivity index (χ0v) is 15.0. The number of likely N-dealkylation sites (tertiary alicyclic amines) is 1. The van der Waals surface area contributed by atoms with Crippen molar-refractivity contribution in [3.05, 3.63) is 75.5 Å². The molecule has 1 atom stereocenters. The highest BCUT2D eigenvalue weighted by molar-refractivity contribution is 7.09. The third kappa shape index (κ3) is 2.25. The first kappa shape index (κ1) is 15.5. The minimum Gasteiger partial charge on any atom is -0.337 e. The Morgan fingerprint density at radius 2 is 2.08 bits per heavy atom. The number of nitrogens with one attached hydrogen (secondary N) is 1. The normalized spacial score (nSPS) is 21.3. The van der Waals surface area contributed by atoms with Crippen molar-refractivity contribution in [1.82, 2.24) is 20.1 Å². The Morgan fingerprint density at radius 1 is 1.23 bits per heavy atom. The van der Waals surface area contributed by atoms with E-state index in [9.17, 15) is 4.79 Å². The van der Waals surface area contributed by atoms with Crippen LogP contribution < -0.4 is 0 Å². The lowest BCUT2D eigenvalue weighted by Crippen LogP contribution is -2.42. The highest BCUT2D eigenvalue weighted by atomic mass is 32.1. The molecule has 5 nitrogen and oxygen atoms in total. The first-order valence-corrected chi connectivity index (χ1v) is 9.66. The number of hydrogen-bond donors (Lipinski definition) is 1. The quantitative estimate of drug-likeness (QED) is 0.778. The summed E-state index contributed by atoms with van der Waals surface area (Å²) in [7, 11) is 0. The summed E-state index contributed by atoms with van der Waals surface area (Å²) in [6, 6.07) is 10.5. The highest BCUT2D eigenvalue weighted by Gasteiger charge is 2.38. The molecule has 1 amide bonds. The van der Waals surface area contributed by atoms with Crippen LogP contribution in [0.15, 0.2) is 48.1 Å². The van der Waals surface area contributed by atoms with Crippen molar-refractivity contribution >= 4 is 23.3 Å². The van der Waals surface area contributed by atoms with Gasteiger partial charge in [-0.15, -0.1) is 11.3 Å². The summed E-state index contributed by atoms with van der Waals surface area (Å²) in [6.45, 7) is 1.66. The van der Waals surface area contributed by atoms with Gasteiger partial charge < -0.3 is 4.90 Å². The van der Waals surface area contributed by atoms with Crippen molar-refractivity contribution in [2.45, 2.75) is 18.3 Å². The van der Waals surface area contributed by atoms with Gasteiger partial charge in [-0.2, -0.15) is 5.10 Å². The van der Waals surface area contributed by atoms with Crippen molar-refractivity contribution in [3.8, 4) is 0 Å². The van der Waals surface area contributed by atoms with E-state index >= 15 is 0 Å². The van der Waals surface area contributed by atoms with E-state index in [1.165, 1.54) is 10.4 Å². The van der Waals surface area contributed by atoms with E-state index in [2.05, 4.69) is 51.6 Å². The standard InChI is InChI=1S/C20H18N4OS/c25-19(24-9-4-10-24)18-15-7-8-20(11-16(15)22-23-18,17-12-21-13-26-17)14-5-2-1-3-6-14/h1-3,5-8,12-13H,4,9-11H2,(H,22,23). The third-order valence-electron chi connectivity index (χ3n) is 5.38. The fraction of sp³-hybridized carbons (Fsp3) is 0.250. The first-order valence-electron chi connectivity index (χ1n) is 8.78. The topological polar surface area (TPSA) is 61.9 Å².